The van der Waals surface area contributed by atoms with Gasteiger partial charge in [0, 0.05) is 5.56 Å². The molecular weight excluding hydrogens is 201 g/mol. The molecule has 0 atom stereocenters. The molecule has 0 aliphatic carbocycles. The number of nitrogens with one attached hydrogen (secondary N) is 1. The molecule has 0 bridgehead atoms. The van der Waals surface area contributed by atoms with E-state index in [1.807, 2.05) is 0 Å². The number of hydrogen-bond donors (Lipinski definition) is 2. The zero-order valence-corrected chi connectivity index (χ0v) is 8.08. The van der Waals surface area contributed by atoms with Crippen LogP contribution in [-0.4, -0.2) is 23.4 Å². The van der Waals surface area contributed by atoms with E-state index < -0.39 is 18.3 Å². The van der Waals surface area contributed by atoms with Crippen molar-refractivity contribution in [1.82, 2.24) is 0 Å². The summed E-state index contributed by atoms with van der Waals surface area (Å²) < 4.78 is 13.1. The number of hydrogen-bond acceptors (Lipinski definition) is 3. The van der Waals surface area contributed by atoms with Gasteiger partial charge in [0.05, 0.1) is 5.69 Å². The summed E-state index contributed by atoms with van der Waals surface area (Å²) in [6.07, 6.45) is 0. The summed E-state index contributed by atoms with van der Waals surface area (Å²) in [6, 6.07) is 3.77. The Morgan fingerprint density at radius 2 is 2.13 bits per heavy atom. The van der Waals surface area contributed by atoms with Crippen molar-refractivity contribution in [2.75, 3.05) is 11.9 Å². The van der Waals surface area contributed by atoms with Gasteiger partial charge in [-0.3, -0.25) is 9.59 Å². The molecule has 0 aliphatic rings. The fraction of sp³-hybridized carbons (Fsp3) is 0.200. The van der Waals surface area contributed by atoms with Crippen molar-refractivity contribution in [3.8, 4) is 0 Å². The lowest BCUT2D eigenvalue weighted by atomic mass is 10.1. The van der Waals surface area contributed by atoms with E-state index in [4.69, 9.17) is 5.11 Å². The normalized spacial score (nSPS) is 9.73. The molecule has 0 saturated heterocycles. The molecule has 1 rings (SSSR count). The van der Waals surface area contributed by atoms with E-state index >= 15 is 0 Å². The highest BCUT2D eigenvalue weighted by Gasteiger charge is 2.07. The van der Waals surface area contributed by atoms with Gasteiger partial charge >= 0.3 is 5.97 Å². The van der Waals surface area contributed by atoms with Crippen molar-refractivity contribution in [2.45, 2.75) is 6.92 Å². The fourth-order valence-corrected chi connectivity index (χ4v) is 1.05. The van der Waals surface area contributed by atoms with Crippen LogP contribution in [0.5, 0.6) is 0 Å². The van der Waals surface area contributed by atoms with Crippen molar-refractivity contribution in [3.05, 3.63) is 29.6 Å². The van der Waals surface area contributed by atoms with Crippen LogP contribution in [0, 0.1) is 5.82 Å². The van der Waals surface area contributed by atoms with Crippen LogP contribution in [-0.2, 0) is 4.79 Å². The first-order chi connectivity index (χ1) is 7.00. The van der Waals surface area contributed by atoms with Gasteiger partial charge in [-0.2, -0.15) is 0 Å². The molecule has 0 amide bonds. The molecule has 5 heteroatoms. The zero-order valence-electron chi connectivity index (χ0n) is 8.08. The lowest BCUT2D eigenvalue weighted by molar-refractivity contribution is -0.134. The van der Waals surface area contributed by atoms with Crippen LogP contribution in [0.15, 0.2) is 18.2 Å². The average molecular weight is 211 g/mol. The van der Waals surface area contributed by atoms with Gasteiger partial charge < -0.3 is 10.4 Å². The molecule has 0 radical (unpaired) electrons. The summed E-state index contributed by atoms with van der Waals surface area (Å²) in [6.45, 7) is 0.965. The predicted molar refractivity (Wildman–Crippen MR) is 52.5 cm³/mol. The molecule has 0 fully saturated rings. The standard InChI is InChI=1S/C10H10FNO3/c1-6(13)7-2-3-8(11)9(4-7)12-5-10(14)15/h2-4,12H,5H2,1H3,(H,14,15). The largest absolute Gasteiger partial charge is 0.480 e. The fourth-order valence-electron chi connectivity index (χ4n) is 1.05. The summed E-state index contributed by atoms with van der Waals surface area (Å²) in [5.74, 6) is -1.88. The van der Waals surface area contributed by atoms with Gasteiger partial charge in [-0.05, 0) is 25.1 Å². The van der Waals surface area contributed by atoms with E-state index in [1.54, 1.807) is 0 Å². The number of carboxylic acid groups (broad SMARTS) is 1. The van der Waals surface area contributed by atoms with Crippen molar-refractivity contribution >= 4 is 17.4 Å². The van der Waals surface area contributed by atoms with Crippen LogP contribution >= 0.6 is 0 Å². The first-order valence-electron chi connectivity index (χ1n) is 4.27. The van der Waals surface area contributed by atoms with E-state index in [0.29, 0.717) is 5.56 Å². The van der Waals surface area contributed by atoms with Crippen molar-refractivity contribution < 1.29 is 19.1 Å². The molecule has 80 valence electrons. The number of benzene rings is 1. The predicted octanol–water partition coefficient (Wildman–Crippen LogP) is 1.52. The molecule has 0 unspecified atom stereocenters. The molecule has 0 heterocycles. The summed E-state index contributed by atoms with van der Waals surface area (Å²) in [7, 11) is 0. The Kier molecular flexibility index (Phi) is 3.38. The number of aliphatic carboxylic acids is 1. The molecule has 0 aromatic heterocycles. The Balaban J connectivity index is 2.90. The number of carboxylic acids is 1. The van der Waals surface area contributed by atoms with Gasteiger partial charge in [0.2, 0.25) is 0 Å². The number of halogens is 1. The van der Waals surface area contributed by atoms with Crippen LogP contribution in [0.25, 0.3) is 0 Å². The first-order valence-corrected chi connectivity index (χ1v) is 4.27. The molecule has 2 N–H and O–H groups in total. The Bertz CT molecular complexity index is 404. The lowest BCUT2D eigenvalue weighted by Crippen LogP contribution is -2.13. The molecule has 0 spiro atoms. The Morgan fingerprint density at radius 1 is 1.47 bits per heavy atom. The molecule has 0 saturated carbocycles. The SMILES string of the molecule is CC(=O)c1ccc(F)c(NCC(=O)O)c1. The highest BCUT2D eigenvalue weighted by atomic mass is 19.1. The third kappa shape index (κ3) is 3.05. The third-order valence-electron chi connectivity index (χ3n) is 1.80. The van der Waals surface area contributed by atoms with Crippen LogP contribution in [0.3, 0.4) is 0 Å². The quantitative estimate of drug-likeness (QED) is 0.741. The van der Waals surface area contributed by atoms with E-state index in [0.717, 1.165) is 6.07 Å². The smallest absolute Gasteiger partial charge is 0.322 e. The number of ketones is 1. The van der Waals surface area contributed by atoms with E-state index in [2.05, 4.69) is 5.32 Å². The summed E-state index contributed by atoms with van der Waals surface area (Å²) in [4.78, 5) is 21.2. The van der Waals surface area contributed by atoms with Crippen molar-refractivity contribution in [2.24, 2.45) is 0 Å². The van der Waals surface area contributed by atoms with Gasteiger partial charge in [-0.1, -0.05) is 0 Å². The van der Waals surface area contributed by atoms with Crippen LogP contribution in [0.4, 0.5) is 10.1 Å². The maximum atomic E-state index is 13.1. The third-order valence-corrected chi connectivity index (χ3v) is 1.80. The summed E-state index contributed by atoms with van der Waals surface area (Å²) in [5, 5.41) is 10.8. The molecule has 1 aromatic carbocycles. The zero-order chi connectivity index (χ0) is 11.4. The van der Waals surface area contributed by atoms with Crippen molar-refractivity contribution in [1.29, 1.82) is 0 Å². The minimum Gasteiger partial charge on any atom is -0.480 e. The van der Waals surface area contributed by atoms with Gasteiger partial charge in [0.25, 0.3) is 0 Å². The van der Waals surface area contributed by atoms with Crippen molar-refractivity contribution in [3.63, 3.8) is 0 Å². The number of carbonyl (C=O) groups excluding carboxylic acids is 1. The summed E-state index contributed by atoms with van der Waals surface area (Å²) in [5.41, 5.74) is 0.356. The summed E-state index contributed by atoms with van der Waals surface area (Å²) >= 11 is 0. The van der Waals surface area contributed by atoms with Gasteiger partial charge in [0.1, 0.15) is 12.4 Å². The second-order valence-corrected chi connectivity index (χ2v) is 3.00. The molecule has 0 aliphatic heterocycles. The minimum absolute atomic E-state index is 0.0186. The van der Waals surface area contributed by atoms with Gasteiger partial charge in [-0.25, -0.2) is 4.39 Å². The second-order valence-electron chi connectivity index (χ2n) is 3.00. The lowest BCUT2D eigenvalue weighted by Gasteiger charge is -2.06. The van der Waals surface area contributed by atoms with Crippen LogP contribution in [0.2, 0.25) is 0 Å². The molecular formula is C10H10FNO3. The molecule has 4 nitrogen and oxygen atoms in total. The number of anilines is 1. The number of rotatable bonds is 4. The van der Waals surface area contributed by atoms with Crippen LogP contribution in [0.1, 0.15) is 17.3 Å². The van der Waals surface area contributed by atoms with Crippen LogP contribution < -0.4 is 5.32 Å². The maximum Gasteiger partial charge on any atom is 0.322 e. The van der Waals surface area contributed by atoms with E-state index in [9.17, 15) is 14.0 Å². The molecule has 1 aromatic rings. The number of Topliss-reactive ketones (excluding diaryl/α,β-unsaturated/α-hetero) is 1. The van der Waals surface area contributed by atoms with E-state index in [1.165, 1.54) is 19.1 Å². The monoisotopic (exact) mass is 211 g/mol. The second kappa shape index (κ2) is 4.54. The topological polar surface area (TPSA) is 66.4 Å². The van der Waals surface area contributed by atoms with Gasteiger partial charge in [0.15, 0.2) is 5.78 Å². The first kappa shape index (κ1) is 11.2. The van der Waals surface area contributed by atoms with Gasteiger partial charge in [-0.15, -0.1) is 0 Å². The highest BCUT2D eigenvalue weighted by Crippen LogP contribution is 2.16. The number of carbonyl (C=O) groups is 2. The molecule has 15 heavy (non-hydrogen) atoms. The maximum absolute atomic E-state index is 13.1. The minimum atomic E-state index is -1.09. The Hall–Kier alpha value is -1.91. The van der Waals surface area contributed by atoms with E-state index in [-0.39, 0.29) is 11.5 Å². The highest BCUT2D eigenvalue weighted by molar-refractivity contribution is 5.95. The Labute approximate surface area is 85.7 Å². The Morgan fingerprint density at radius 3 is 2.67 bits per heavy atom. The average Bonchev–Trinajstić information content (AvgIpc) is 2.16.